The largest absolute Gasteiger partial charge is 0.419 e. The molecule has 1 aromatic carbocycles. The van der Waals surface area contributed by atoms with E-state index in [1.165, 1.54) is 6.07 Å². The Morgan fingerprint density at radius 1 is 1.20 bits per heavy atom. The van der Waals surface area contributed by atoms with E-state index >= 15 is 0 Å². The molecule has 0 amide bonds. The number of benzene rings is 1. The molecule has 0 aliphatic heterocycles. The van der Waals surface area contributed by atoms with Crippen molar-refractivity contribution in [1.29, 1.82) is 0 Å². The quantitative estimate of drug-likeness (QED) is 0.759. The first kappa shape index (κ1) is 15.3. The van der Waals surface area contributed by atoms with Crippen LogP contribution in [-0.4, -0.2) is 0 Å². The second-order valence-corrected chi connectivity index (χ2v) is 6.05. The number of hydrogen-bond acceptors (Lipinski definition) is 1. The molecule has 20 heavy (non-hydrogen) atoms. The van der Waals surface area contributed by atoms with Gasteiger partial charge in [0.15, 0.2) is 0 Å². The number of rotatable bonds is 1. The molecule has 2 N–H and O–H groups in total. The molecule has 2 rings (SSSR count). The van der Waals surface area contributed by atoms with E-state index in [2.05, 4.69) is 13.8 Å². The Morgan fingerprint density at radius 2 is 1.85 bits per heavy atom. The summed E-state index contributed by atoms with van der Waals surface area (Å²) in [5.74, 6) is -0.337. The molecule has 3 unspecified atom stereocenters. The highest BCUT2D eigenvalue weighted by atomic mass is 19.4. The van der Waals surface area contributed by atoms with Crippen molar-refractivity contribution < 1.29 is 17.6 Å². The van der Waals surface area contributed by atoms with Crippen LogP contribution in [-0.2, 0) is 11.7 Å². The maximum absolute atomic E-state index is 13.7. The van der Waals surface area contributed by atoms with Gasteiger partial charge in [0.1, 0.15) is 5.82 Å². The van der Waals surface area contributed by atoms with Crippen LogP contribution in [0.5, 0.6) is 0 Å². The van der Waals surface area contributed by atoms with Crippen molar-refractivity contribution in [2.45, 2.75) is 44.8 Å². The molecular weight excluding hydrogens is 270 g/mol. The Bertz CT molecular complexity index is 497. The lowest BCUT2D eigenvalue weighted by molar-refractivity contribution is -0.140. The van der Waals surface area contributed by atoms with Gasteiger partial charge in [-0.1, -0.05) is 19.9 Å². The zero-order chi connectivity index (χ0) is 15.1. The number of halogens is 4. The van der Waals surface area contributed by atoms with E-state index in [0.29, 0.717) is 30.2 Å². The van der Waals surface area contributed by atoms with Gasteiger partial charge < -0.3 is 5.73 Å². The third kappa shape index (κ3) is 2.82. The maximum atomic E-state index is 13.7. The lowest BCUT2D eigenvalue weighted by Crippen LogP contribution is -2.43. The van der Waals surface area contributed by atoms with Crippen LogP contribution in [0.1, 0.15) is 44.2 Å². The second-order valence-electron chi connectivity index (χ2n) is 6.05. The minimum atomic E-state index is -4.67. The molecule has 0 heterocycles. The summed E-state index contributed by atoms with van der Waals surface area (Å²) < 4.78 is 51.3. The SMILES string of the molecule is CC1CCC(N)(c2ccc(C(F)(F)F)c(F)c2)CC1C. The highest BCUT2D eigenvalue weighted by molar-refractivity contribution is 5.31. The fourth-order valence-electron chi connectivity index (χ4n) is 2.96. The predicted octanol–water partition coefficient (Wildman–Crippen LogP) is 4.45. The van der Waals surface area contributed by atoms with E-state index in [9.17, 15) is 17.6 Å². The number of alkyl halides is 3. The van der Waals surface area contributed by atoms with Crippen LogP contribution in [0.3, 0.4) is 0 Å². The van der Waals surface area contributed by atoms with Crippen LogP contribution in [0.15, 0.2) is 18.2 Å². The van der Waals surface area contributed by atoms with Gasteiger partial charge in [-0.15, -0.1) is 0 Å². The third-order valence-corrected chi connectivity index (χ3v) is 4.55. The van der Waals surface area contributed by atoms with Gasteiger partial charge in [-0.05, 0) is 48.8 Å². The minimum Gasteiger partial charge on any atom is -0.321 e. The van der Waals surface area contributed by atoms with E-state index in [1.54, 1.807) is 0 Å². The molecule has 112 valence electrons. The molecule has 0 saturated heterocycles. The summed E-state index contributed by atoms with van der Waals surface area (Å²) in [6.45, 7) is 4.21. The maximum Gasteiger partial charge on any atom is 0.419 e. The zero-order valence-corrected chi connectivity index (χ0v) is 11.6. The van der Waals surface area contributed by atoms with E-state index in [0.717, 1.165) is 18.6 Å². The summed E-state index contributed by atoms with van der Waals surface area (Å²) >= 11 is 0. The standard InChI is InChI=1S/C15H19F4N/c1-9-5-6-14(20,8-10(9)2)11-3-4-12(13(16)7-11)15(17,18)19/h3-4,7,9-10H,5-6,8,20H2,1-2H3. The van der Waals surface area contributed by atoms with Crippen LogP contribution in [0.25, 0.3) is 0 Å². The molecule has 1 fully saturated rings. The van der Waals surface area contributed by atoms with E-state index in [-0.39, 0.29) is 0 Å². The van der Waals surface area contributed by atoms with Gasteiger partial charge in [0.05, 0.1) is 5.56 Å². The molecule has 0 aromatic heterocycles. The Kier molecular flexibility index (Phi) is 3.84. The molecule has 1 aliphatic rings. The fraction of sp³-hybridized carbons (Fsp3) is 0.600. The molecule has 5 heteroatoms. The first-order chi connectivity index (χ1) is 9.13. The fourth-order valence-corrected chi connectivity index (χ4v) is 2.96. The van der Waals surface area contributed by atoms with Crippen molar-refractivity contribution in [2.24, 2.45) is 17.6 Å². The first-order valence-corrected chi connectivity index (χ1v) is 6.79. The second kappa shape index (κ2) is 5.02. The summed E-state index contributed by atoms with van der Waals surface area (Å²) in [4.78, 5) is 0. The van der Waals surface area contributed by atoms with Crippen molar-refractivity contribution in [3.05, 3.63) is 35.1 Å². The Morgan fingerprint density at radius 3 is 2.35 bits per heavy atom. The third-order valence-electron chi connectivity index (χ3n) is 4.55. The monoisotopic (exact) mass is 289 g/mol. The Balaban J connectivity index is 2.32. The smallest absolute Gasteiger partial charge is 0.321 e. The molecule has 1 saturated carbocycles. The van der Waals surface area contributed by atoms with Crippen LogP contribution in [0.4, 0.5) is 17.6 Å². The first-order valence-electron chi connectivity index (χ1n) is 6.79. The molecule has 0 bridgehead atoms. The Labute approximate surface area is 116 Å². The zero-order valence-electron chi connectivity index (χ0n) is 11.6. The van der Waals surface area contributed by atoms with Crippen LogP contribution >= 0.6 is 0 Å². The summed E-state index contributed by atoms with van der Waals surface area (Å²) in [5, 5.41) is 0. The van der Waals surface area contributed by atoms with Gasteiger partial charge in [-0.3, -0.25) is 0 Å². The van der Waals surface area contributed by atoms with E-state index in [1.807, 2.05) is 0 Å². The summed E-state index contributed by atoms with van der Waals surface area (Å²) in [6, 6.07) is 3.06. The van der Waals surface area contributed by atoms with Crippen LogP contribution in [0.2, 0.25) is 0 Å². The molecule has 0 spiro atoms. The number of hydrogen-bond donors (Lipinski definition) is 1. The molecule has 1 nitrogen and oxygen atoms in total. The number of nitrogens with two attached hydrogens (primary N) is 1. The van der Waals surface area contributed by atoms with Crippen molar-refractivity contribution in [3.8, 4) is 0 Å². The highest BCUT2D eigenvalue weighted by Crippen LogP contribution is 2.42. The van der Waals surface area contributed by atoms with Gasteiger partial charge in [-0.25, -0.2) is 4.39 Å². The summed E-state index contributed by atoms with van der Waals surface area (Å²) in [7, 11) is 0. The normalized spacial score (nSPS) is 31.4. The molecule has 1 aromatic rings. The lowest BCUT2D eigenvalue weighted by atomic mass is 9.69. The van der Waals surface area contributed by atoms with Crippen molar-refractivity contribution >= 4 is 0 Å². The molecule has 0 radical (unpaired) electrons. The van der Waals surface area contributed by atoms with Crippen molar-refractivity contribution in [3.63, 3.8) is 0 Å². The van der Waals surface area contributed by atoms with Gasteiger partial charge in [-0.2, -0.15) is 13.2 Å². The molecular formula is C15H19F4N. The van der Waals surface area contributed by atoms with Gasteiger partial charge in [0, 0.05) is 5.54 Å². The average Bonchev–Trinajstić information content (AvgIpc) is 2.33. The lowest BCUT2D eigenvalue weighted by Gasteiger charge is -2.40. The Hall–Kier alpha value is -1.10. The minimum absolute atomic E-state index is 0.374. The van der Waals surface area contributed by atoms with Crippen molar-refractivity contribution in [1.82, 2.24) is 0 Å². The highest BCUT2D eigenvalue weighted by Gasteiger charge is 2.38. The van der Waals surface area contributed by atoms with Crippen LogP contribution in [0, 0.1) is 17.7 Å². The van der Waals surface area contributed by atoms with Gasteiger partial charge >= 0.3 is 6.18 Å². The molecule has 1 aliphatic carbocycles. The summed E-state index contributed by atoms with van der Waals surface area (Å²) in [5.41, 5.74) is 4.81. The van der Waals surface area contributed by atoms with Crippen LogP contribution < -0.4 is 5.73 Å². The predicted molar refractivity (Wildman–Crippen MR) is 69.4 cm³/mol. The molecule has 3 atom stereocenters. The van der Waals surface area contributed by atoms with Gasteiger partial charge in [0.2, 0.25) is 0 Å². The average molecular weight is 289 g/mol. The van der Waals surface area contributed by atoms with E-state index < -0.39 is 23.1 Å². The van der Waals surface area contributed by atoms with Crippen molar-refractivity contribution in [2.75, 3.05) is 0 Å². The topological polar surface area (TPSA) is 26.0 Å². The van der Waals surface area contributed by atoms with E-state index in [4.69, 9.17) is 5.73 Å². The summed E-state index contributed by atoms with van der Waals surface area (Å²) in [6.07, 6.45) is -2.43. The van der Waals surface area contributed by atoms with Gasteiger partial charge in [0.25, 0.3) is 0 Å².